The van der Waals surface area contributed by atoms with Crippen LogP contribution in [-0.4, -0.2) is 43.8 Å². The second-order valence-electron chi connectivity index (χ2n) is 8.06. The van der Waals surface area contributed by atoms with Crippen molar-refractivity contribution in [2.24, 2.45) is 0 Å². The molecule has 1 amide bonds. The number of rotatable bonds is 5. The van der Waals surface area contributed by atoms with Gasteiger partial charge in [0.1, 0.15) is 17.8 Å². The number of aromatic nitrogens is 4. The fourth-order valence-corrected chi connectivity index (χ4v) is 4.30. The van der Waals surface area contributed by atoms with Crippen molar-refractivity contribution in [3.63, 3.8) is 0 Å². The summed E-state index contributed by atoms with van der Waals surface area (Å²) in [4.78, 5) is 32.2. The summed E-state index contributed by atoms with van der Waals surface area (Å²) in [6.07, 6.45) is 8.98. The third-order valence-corrected chi connectivity index (χ3v) is 6.15. The monoisotopic (exact) mass is 459 g/mol. The van der Waals surface area contributed by atoms with Crippen LogP contribution in [0.3, 0.4) is 0 Å². The van der Waals surface area contributed by atoms with Crippen molar-refractivity contribution < 1.29 is 9.21 Å². The minimum Gasteiger partial charge on any atom is -0.445 e. The maximum atomic E-state index is 13.2. The van der Waals surface area contributed by atoms with E-state index < -0.39 is 0 Å². The highest BCUT2D eigenvalue weighted by atomic mass is 35.5. The number of oxazole rings is 1. The smallest absolute Gasteiger partial charge is 0.272 e. The van der Waals surface area contributed by atoms with E-state index >= 15 is 0 Å². The van der Waals surface area contributed by atoms with Gasteiger partial charge in [0.2, 0.25) is 0 Å². The van der Waals surface area contributed by atoms with Gasteiger partial charge < -0.3 is 9.32 Å². The Morgan fingerprint density at radius 2 is 1.94 bits per heavy atom. The molecule has 0 N–H and O–H groups in total. The first-order valence-corrected chi connectivity index (χ1v) is 11.2. The summed E-state index contributed by atoms with van der Waals surface area (Å²) in [7, 11) is 0. The van der Waals surface area contributed by atoms with E-state index in [-0.39, 0.29) is 11.8 Å². The Labute approximate surface area is 196 Å². The molecular formula is C25H22ClN5O2. The Bertz CT molecular complexity index is 1260. The summed E-state index contributed by atoms with van der Waals surface area (Å²) < 4.78 is 6.06. The number of pyridine rings is 1. The quantitative estimate of drug-likeness (QED) is 0.426. The number of nitrogens with zero attached hydrogens (tertiary/aromatic N) is 5. The lowest BCUT2D eigenvalue weighted by molar-refractivity contribution is 0.0692. The van der Waals surface area contributed by atoms with Gasteiger partial charge in [0, 0.05) is 42.5 Å². The van der Waals surface area contributed by atoms with Gasteiger partial charge >= 0.3 is 0 Å². The summed E-state index contributed by atoms with van der Waals surface area (Å²) in [6, 6.07) is 13.1. The van der Waals surface area contributed by atoms with Crippen LogP contribution in [0.25, 0.3) is 11.3 Å². The molecule has 0 saturated carbocycles. The molecule has 1 saturated heterocycles. The molecule has 33 heavy (non-hydrogen) atoms. The van der Waals surface area contributed by atoms with E-state index in [0.717, 1.165) is 29.7 Å². The molecule has 1 atom stereocenters. The van der Waals surface area contributed by atoms with Gasteiger partial charge in [-0.3, -0.25) is 4.79 Å². The molecule has 0 bridgehead atoms. The summed E-state index contributed by atoms with van der Waals surface area (Å²) in [5.41, 5.74) is 2.85. The third kappa shape index (κ3) is 4.78. The Morgan fingerprint density at radius 1 is 1.09 bits per heavy atom. The van der Waals surface area contributed by atoms with Crippen LogP contribution in [0, 0.1) is 0 Å². The van der Waals surface area contributed by atoms with Gasteiger partial charge in [-0.15, -0.1) is 0 Å². The van der Waals surface area contributed by atoms with Crippen molar-refractivity contribution in [3.05, 3.63) is 95.3 Å². The van der Waals surface area contributed by atoms with E-state index in [1.807, 2.05) is 41.3 Å². The van der Waals surface area contributed by atoms with Crippen molar-refractivity contribution in [2.75, 3.05) is 13.1 Å². The number of carbonyl (C=O) groups is 1. The Balaban J connectivity index is 1.29. The minimum absolute atomic E-state index is 0.0494. The number of amides is 1. The number of likely N-dealkylation sites (tertiary alicyclic amines) is 1. The fraction of sp³-hybridized carbons (Fsp3) is 0.240. The van der Waals surface area contributed by atoms with Crippen LogP contribution >= 0.6 is 11.6 Å². The number of hydrogen-bond donors (Lipinski definition) is 0. The van der Waals surface area contributed by atoms with Gasteiger partial charge in [-0.2, -0.15) is 0 Å². The molecule has 0 radical (unpaired) electrons. The number of hydrogen-bond acceptors (Lipinski definition) is 6. The first-order chi connectivity index (χ1) is 16.2. The summed E-state index contributed by atoms with van der Waals surface area (Å²) >= 11 is 6.27. The molecule has 1 aliphatic heterocycles. The van der Waals surface area contributed by atoms with E-state index in [1.54, 1.807) is 24.7 Å². The predicted octanol–water partition coefficient (Wildman–Crippen LogP) is 4.79. The van der Waals surface area contributed by atoms with E-state index in [9.17, 15) is 4.79 Å². The van der Waals surface area contributed by atoms with Crippen LogP contribution in [0.1, 0.15) is 46.5 Å². The Morgan fingerprint density at radius 3 is 2.79 bits per heavy atom. The van der Waals surface area contributed by atoms with E-state index in [0.29, 0.717) is 41.8 Å². The molecule has 8 heteroatoms. The topological polar surface area (TPSA) is 85.0 Å². The highest BCUT2D eigenvalue weighted by molar-refractivity contribution is 6.31. The van der Waals surface area contributed by atoms with E-state index in [4.69, 9.17) is 16.0 Å². The minimum atomic E-state index is -0.0961. The Hall–Kier alpha value is -3.58. The van der Waals surface area contributed by atoms with Crippen LogP contribution in [-0.2, 0) is 6.42 Å². The second kappa shape index (κ2) is 9.50. The van der Waals surface area contributed by atoms with Gasteiger partial charge in [0.25, 0.3) is 5.91 Å². The molecule has 5 rings (SSSR count). The van der Waals surface area contributed by atoms with Crippen molar-refractivity contribution in [3.8, 4) is 11.3 Å². The zero-order valence-corrected chi connectivity index (χ0v) is 18.7. The van der Waals surface area contributed by atoms with Gasteiger partial charge in [-0.25, -0.2) is 19.9 Å². The Kier molecular flexibility index (Phi) is 6.13. The van der Waals surface area contributed by atoms with Gasteiger partial charge in [-0.1, -0.05) is 35.9 Å². The SMILES string of the molecule is O=C(c1cccc(-c2cncnc2)n1)N1CCCC(c2ncc(Cc3ccccc3Cl)o2)C1. The van der Waals surface area contributed by atoms with Gasteiger partial charge in [-0.05, 0) is 36.6 Å². The van der Waals surface area contributed by atoms with Crippen LogP contribution in [0.2, 0.25) is 5.02 Å². The first-order valence-electron chi connectivity index (χ1n) is 10.9. The maximum absolute atomic E-state index is 13.2. The van der Waals surface area contributed by atoms with E-state index in [1.165, 1.54) is 6.33 Å². The molecule has 166 valence electrons. The molecule has 4 heterocycles. The lowest BCUT2D eigenvalue weighted by Crippen LogP contribution is -2.39. The number of carbonyl (C=O) groups excluding carboxylic acids is 1. The molecule has 3 aromatic heterocycles. The summed E-state index contributed by atoms with van der Waals surface area (Å²) in [5.74, 6) is 1.38. The van der Waals surface area contributed by atoms with Crippen LogP contribution in [0.5, 0.6) is 0 Å². The molecular weight excluding hydrogens is 438 g/mol. The average molecular weight is 460 g/mol. The van der Waals surface area contributed by atoms with Gasteiger partial charge in [0.15, 0.2) is 5.89 Å². The molecule has 0 spiro atoms. The molecule has 7 nitrogen and oxygen atoms in total. The number of benzene rings is 1. The van der Waals surface area contributed by atoms with Crippen LogP contribution in [0.15, 0.2) is 71.8 Å². The molecule has 1 unspecified atom stereocenters. The lowest BCUT2D eigenvalue weighted by Gasteiger charge is -2.31. The fourth-order valence-electron chi connectivity index (χ4n) is 4.09. The van der Waals surface area contributed by atoms with Gasteiger partial charge in [0.05, 0.1) is 17.8 Å². The highest BCUT2D eigenvalue weighted by Gasteiger charge is 2.29. The molecule has 1 fully saturated rings. The predicted molar refractivity (Wildman–Crippen MR) is 124 cm³/mol. The molecule has 1 aliphatic rings. The first kappa shape index (κ1) is 21.3. The largest absolute Gasteiger partial charge is 0.445 e. The number of halogens is 1. The summed E-state index contributed by atoms with van der Waals surface area (Å²) in [6.45, 7) is 1.23. The standard InChI is InChI=1S/C25H22ClN5O2/c26-21-7-2-1-5-17(21)11-20-14-29-24(33-20)18-6-4-10-31(15-18)25(32)23-9-3-8-22(30-23)19-12-27-16-28-13-19/h1-3,5,7-9,12-14,16,18H,4,6,10-11,15H2. The zero-order valence-electron chi connectivity index (χ0n) is 17.9. The number of piperidine rings is 1. The van der Waals surface area contributed by atoms with E-state index in [2.05, 4.69) is 19.9 Å². The molecule has 4 aromatic rings. The van der Waals surface area contributed by atoms with Crippen LogP contribution < -0.4 is 0 Å². The van der Waals surface area contributed by atoms with Crippen LogP contribution in [0.4, 0.5) is 0 Å². The molecule has 1 aromatic carbocycles. The summed E-state index contributed by atoms with van der Waals surface area (Å²) in [5, 5.41) is 0.710. The van der Waals surface area contributed by atoms with Crippen molar-refractivity contribution in [1.29, 1.82) is 0 Å². The lowest BCUT2D eigenvalue weighted by atomic mass is 9.97. The van der Waals surface area contributed by atoms with Crippen molar-refractivity contribution in [2.45, 2.75) is 25.2 Å². The van der Waals surface area contributed by atoms with Crippen molar-refractivity contribution >= 4 is 17.5 Å². The second-order valence-corrected chi connectivity index (χ2v) is 8.47. The average Bonchev–Trinajstić information content (AvgIpc) is 3.34. The maximum Gasteiger partial charge on any atom is 0.272 e. The normalized spacial score (nSPS) is 16.0. The van der Waals surface area contributed by atoms with Crippen molar-refractivity contribution in [1.82, 2.24) is 24.8 Å². The third-order valence-electron chi connectivity index (χ3n) is 5.78. The molecule has 0 aliphatic carbocycles. The zero-order chi connectivity index (χ0) is 22.6. The highest BCUT2D eigenvalue weighted by Crippen LogP contribution is 2.29.